The molecule has 2 aromatic carbocycles. The van der Waals surface area contributed by atoms with E-state index in [1.807, 2.05) is 47.3 Å². The van der Waals surface area contributed by atoms with Crippen molar-refractivity contribution in [3.8, 4) is 16.9 Å². The number of morpholine rings is 1. The molecule has 0 spiro atoms. The van der Waals surface area contributed by atoms with Gasteiger partial charge in [0.15, 0.2) is 5.17 Å². The summed E-state index contributed by atoms with van der Waals surface area (Å²) in [6.07, 6.45) is 3.88. The van der Waals surface area contributed by atoms with Gasteiger partial charge in [-0.05, 0) is 36.9 Å². The van der Waals surface area contributed by atoms with Crippen molar-refractivity contribution in [1.82, 2.24) is 14.7 Å². The highest BCUT2D eigenvalue weighted by Crippen LogP contribution is 2.33. The van der Waals surface area contributed by atoms with E-state index in [0.29, 0.717) is 18.1 Å². The van der Waals surface area contributed by atoms with Crippen molar-refractivity contribution in [2.24, 2.45) is 4.99 Å². The van der Waals surface area contributed by atoms with Gasteiger partial charge < -0.3 is 9.64 Å². The highest BCUT2D eigenvalue weighted by atomic mass is 32.2. The molecule has 1 aromatic heterocycles. The first-order valence-corrected chi connectivity index (χ1v) is 11.1. The molecule has 2 aliphatic rings. The van der Waals surface area contributed by atoms with Crippen molar-refractivity contribution in [3.63, 3.8) is 0 Å². The first-order valence-electron chi connectivity index (χ1n) is 10.2. The molecule has 1 fully saturated rings. The summed E-state index contributed by atoms with van der Waals surface area (Å²) in [6, 6.07) is 18.2. The fraction of sp³-hybridized carbons (Fsp3) is 0.208. The monoisotopic (exact) mass is 430 g/mol. The molecular weight excluding hydrogens is 408 g/mol. The predicted molar refractivity (Wildman–Crippen MR) is 124 cm³/mol. The molecule has 3 heterocycles. The lowest BCUT2D eigenvalue weighted by molar-refractivity contribution is -0.113. The Balaban J connectivity index is 1.51. The lowest BCUT2D eigenvalue weighted by Gasteiger charge is -2.27. The number of benzene rings is 2. The second kappa shape index (κ2) is 8.53. The number of para-hydroxylation sites is 1. The van der Waals surface area contributed by atoms with E-state index in [-0.39, 0.29) is 5.91 Å². The Kier molecular flexibility index (Phi) is 5.44. The molecule has 5 rings (SSSR count). The molecule has 6 nitrogen and oxygen atoms in total. The topological polar surface area (TPSA) is 59.7 Å². The number of aliphatic imine (C=N–C) groups is 1. The summed E-state index contributed by atoms with van der Waals surface area (Å²) in [5.74, 6) is -0.200. The summed E-state index contributed by atoms with van der Waals surface area (Å²) in [4.78, 5) is 19.6. The van der Waals surface area contributed by atoms with Crippen molar-refractivity contribution in [2.75, 3.05) is 26.3 Å². The van der Waals surface area contributed by atoms with E-state index < -0.39 is 0 Å². The highest BCUT2D eigenvalue weighted by Gasteiger charge is 2.27. The van der Waals surface area contributed by atoms with E-state index in [9.17, 15) is 4.79 Å². The Labute approximate surface area is 185 Å². The number of ether oxygens (including phenoxy) is 1. The van der Waals surface area contributed by atoms with E-state index in [1.54, 1.807) is 0 Å². The number of amides is 1. The first-order chi connectivity index (χ1) is 15.2. The maximum Gasteiger partial charge on any atom is 0.286 e. The van der Waals surface area contributed by atoms with Crippen LogP contribution in [0.5, 0.6) is 0 Å². The molecule has 0 saturated carbocycles. The molecule has 0 unspecified atom stereocenters. The van der Waals surface area contributed by atoms with Crippen LogP contribution in [0.3, 0.4) is 0 Å². The minimum Gasteiger partial charge on any atom is -0.378 e. The van der Waals surface area contributed by atoms with Crippen LogP contribution in [-0.4, -0.2) is 52.1 Å². The molecule has 0 aliphatic carbocycles. The van der Waals surface area contributed by atoms with Gasteiger partial charge in [-0.2, -0.15) is 10.1 Å². The third-order valence-electron chi connectivity index (χ3n) is 5.27. The number of rotatable bonds is 3. The maximum absolute atomic E-state index is 12.6. The summed E-state index contributed by atoms with van der Waals surface area (Å²) in [5.41, 5.74) is 4.90. The Morgan fingerprint density at radius 2 is 1.77 bits per heavy atom. The van der Waals surface area contributed by atoms with Gasteiger partial charge in [0, 0.05) is 30.4 Å². The van der Waals surface area contributed by atoms with Crippen LogP contribution >= 0.6 is 11.8 Å². The van der Waals surface area contributed by atoms with Gasteiger partial charge in [0.2, 0.25) is 0 Å². The van der Waals surface area contributed by atoms with Gasteiger partial charge in [-0.15, -0.1) is 0 Å². The van der Waals surface area contributed by atoms with E-state index in [0.717, 1.165) is 40.8 Å². The number of aromatic nitrogens is 2. The number of carbonyl (C=O) groups is 1. The van der Waals surface area contributed by atoms with E-state index in [2.05, 4.69) is 41.1 Å². The number of amidine groups is 1. The predicted octanol–water partition coefficient (Wildman–Crippen LogP) is 4.15. The SMILES string of the molecule is Cc1ccc(-c2nn(-c3ccccc3)cc2/C=C2/SC(N3CCOCC3)=NC2=O)cc1. The van der Waals surface area contributed by atoms with Gasteiger partial charge in [-0.3, -0.25) is 4.79 Å². The largest absolute Gasteiger partial charge is 0.378 e. The van der Waals surface area contributed by atoms with Crippen LogP contribution < -0.4 is 0 Å². The van der Waals surface area contributed by atoms with Crippen LogP contribution in [0.4, 0.5) is 0 Å². The molecule has 0 radical (unpaired) electrons. The normalized spacial score (nSPS) is 18.0. The lowest BCUT2D eigenvalue weighted by atomic mass is 10.1. The van der Waals surface area contributed by atoms with Crippen LogP contribution in [0, 0.1) is 6.92 Å². The molecule has 0 atom stereocenters. The molecule has 0 N–H and O–H groups in total. The standard InChI is InChI=1S/C24H22N4O2S/c1-17-7-9-18(10-8-17)22-19(16-28(26-22)20-5-3-2-4-6-20)15-21-23(29)25-24(31-21)27-11-13-30-14-12-27/h2-10,15-16H,11-14H2,1H3/b21-15+. The van der Waals surface area contributed by atoms with Gasteiger partial charge in [-0.1, -0.05) is 48.0 Å². The Morgan fingerprint density at radius 3 is 2.52 bits per heavy atom. The van der Waals surface area contributed by atoms with Crippen molar-refractivity contribution < 1.29 is 9.53 Å². The van der Waals surface area contributed by atoms with Gasteiger partial charge in [0.25, 0.3) is 5.91 Å². The third kappa shape index (κ3) is 4.19. The first kappa shape index (κ1) is 19.8. The molecule has 2 aliphatic heterocycles. The molecular formula is C24H22N4O2S. The summed E-state index contributed by atoms with van der Waals surface area (Å²) in [5, 5.41) is 5.60. The zero-order valence-electron chi connectivity index (χ0n) is 17.2. The Morgan fingerprint density at radius 1 is 1.03 bits per heavy atom. The Bertz CT molecular complexity index is 1160. The summed E-state index contributed by atoms with van der Waals surface area (Å²) < 4.78 is 7.27. The number of hydrogen-bond acceptors (Lipinski definition) is 5. The van der Waals surface area contributed by atoms with Crippen molar-refractivity contribution in [3.05, 3.63) is 76.8 Å². The quantitative estimate of drug-likeness (QED) is 0.584. The minimum atomic E-state index is -0.200. The third-order valence-corrected chi connectivity index (χ3v) is 6.31. The van der Waals surface area contributed by atoms with Crippen LogP contribution in [0.1, 0.15) is 11.1 Å². The van der Waals surface area contributed by atoms with E-state index in [1.165, 1.54) is 17.3 Å². The average Bonchev–Trinajstić information content (AvgIpc) is 3.40. The molecule has 31 heavy (non-hydrogen) atoms. The molecule has 1 saturated heterocycles. The second-order valence-corrected chi connectivity index (χ2v) is 8.50. The van der Waals surface area contributed by atoms with E-state index >= 15 is 0 Å². The van der Waals surface area contributed by atoms with Crippen molar-refractivity contribution in [1.29, 1.82) is 0 Å². The highest BCUT2D eigenvalue weighted by molar-refractivity contribution is 8.18. The zero-order chi connectivity index (χ0) is 21.2. The molecule has 7 heteroatoms. The number of hydrogen-bond donors (Lipinski definition) is 0. The van der Waals surface area contributed by atoms with Gasteiger partial charge in [0.1, 0.15) is 0 Å². The number of nitrogens with zero attached hydrogens (tertiary/aromatic N) is 4. The Hall–Kier alpha value is -3.16. The summed E-state index contributed by atoms with van der Waals surface area (Å²) >= 11 is 1.43. The van der Waals surface area contributed by atoms with Crippen LogP contribution in [0.15, 0.2) is 70.7 Å². The lowest BCUT2D eigenvalue weighted by Crippen LogP contribution is -2.38. The number of carbonyl (C=O) groups excluding carboxylic acids is 1. The molecule has 1 amide bonds. The summed E-state index contributed by atoms with van der Waals surface area (Å²) in [7, 11) is 0. The van der Waals surface area contributed by atoms with Gasteiger partial charge in [0.05, 0.1) is 29.5 Å². The number of thioether (sulfide) groups is 1. The summed E-state index contributed by atoms with van der Waals surface area (Å²) in [6.45, 7) is 4.90. The van der Waals surface area contributed by atoms with Crippen LogP contribution in [0.25, 0.3) is 23.0 Å². The zero-order valence-corrected chi connectivity index (χ0v) is 18.0. The molecule has 156 valence electrons. The number of aryl methyl sites for hydroxylation is 1. The molecule has 3 aromatic rings. The van der Waals surface area contributed by atoms with Crippen molar-refractivity contribution >= 4 is 28.9 Å². The maximum atomic E-state index is 12.6. The van der Waals surface area contributed by atoms with E-state index in [4.69, 9.17) is 9.84 Å². The minimum absolute atomic E-state index is 0.200. The van der Waals surface area contributed by atoms with Crippen LogP contribution in [0.2, 0.25) is 0 Å². The van der Waals surface area contributed by atoms with Gasteiger partial charge >= 0.3 is 0 Å². The smallest absolute Gasteiger partial charge is 0.286 e. The fourth-order valence-electron chi connectivity index (χ4n) is 3.57. The van der Waals surface area contributed by atoms with Crippen molar-refractivity contribution in [2.45, 2.75) is 6.92 Å². The fourth-order valence-corrected chi connectivity index (χ4v) is 4.53. The average molecular weight is 431 g/mol. The molecule has 0 bridgehead atoms. The second-order valence-electron chi connectivity index (χ2n) is 7.49. The van der Waals surface area contributed by atoms with Gasteiger partial charge in [-0.25, -0.2) is 4.68 Å². The van der Waals surface area contributed by atoms with Crippen LogP contribution in [-0.2, 0) is 9.53 Å².